The number of morpholine rings is 1. The molecule has 1 amide bonds. The van der Waals surface area contributed by atoms with Crippen molar-refractivity contribution in [1.82, 2.24) is 20.0 Å². The van der Waals surface area contributed by atoms with E-state index in [9.17, 15) is 4.79 Å². The van der Waals surface area contributed by atoms with E-state index in [0.29, 0.717) is 51.1 Å². The zero-order valence-electron chi connectivity index (χ0n) is 16.4. The van der Waals surface area contributed by atoms with Crippen LogP contribution in [0.4, 0.5) is 0 Å². The minimum absolute atomic E-state index is 0.0182. The van der Waals surface area contributed by atoms with Crippen molar-refractivity contribution in [2.45, 2.75) is 45.3 Å². The summed E-state index contributed by atoms with van der Waals surface area (Å²) >= 11 is 0. The minimum Gasteiger partial charge on any atom is -0.465 e. The van der Waals surface area contributed by atoms with Crippen LogP contribution in [0.3, 0.4) is 0 Å². The van der Waals surface area contributed by atoms with Gasteiger partial charge >= 0.3 is 0 Å². The lowest BCUT2D eigenvalue weighted by molar-refractivity contribution is 0.0297. The number of carbonyl (C=O) groups is 1. The van der Waals surface area contributed by atoms with Crippen molar-refractivity contribution in [3.05, 3.63) is 53.3 Å². The molecule has 7 heteroatoms. The summed E-state index contributed by atoms with van der Waals surface area (Å²) in [5.41, 5.74) is 2.85. The molecule has 0 unspecified atom stereocenters. The Balaban J connectivity index is 1.52. The molecule has 0 aromatic carbocycles. The molecular formula is C21H28N4O3. The van der Waals surface area contributed by atoms with Crippen LogP contribution in [0.15, 0.2) is 29.2 Å². The molecule has 28 heavy (non-hydrogen) atoms. The van der Waals surface area contributed by atoms with Crippen LogP contribution in [0.5, 0.6) is 0 Å². The first-order valence-corrected chi connectivity index (χ1v) is 10.0. The third-order valence-electron chi connectivity index (χ3n) is 5.51. The van der Waals surface area contributed by atoms with Gasteiger partial charge in [0, 0.05) is 30.4 Å². The first kappa shape index (κ1) is 19.0. The number of ether oxygens (including phenoxy) is 1. The number of hydrogen-bond acceptors (Lipinski definition) is 5. The van der Waals surface area contributed by atoms with Crippen molar-refractivity contribution in [2.24, 2.45) is 0 Å². The van der Waals surface area contributed by atoms with Crippen LogP contribution in [0.1, 0.15) is 39.7 Å². The minimum atomic E-state index is 0.0182. The molecule has 1 aliphatic carbocycles. The quantitative estimate of drug-likeness (QED) is 0.772. The summed E-state index contributed by atoms with van der Waals surface area (Å²) in [4.78, 5) is 15.0. The van der Waals surface area contributed by atoms with E-state index < -0.39 is 0 Å². The number of allylic oxidation sites excluding steroid dienone is 1. The largest absolute Gasteiger partial charge is 0.465 e. The molecule has 0 bridgehead atoms. The van der Waals surface area contributed by atoms with Crippen molar-refractivity contribution >= 4 is 5.91 Å². The van der Waals surface area contributed by atoms with Crippen molar-refractivity contribution in [1.29, 1.82) is 0 Å². The van der Waals surface area contributed by atoms with Crippen LogP contribution in [0.2, 0.25) is 0 Å². The Hall–Kier alpha value is -2.38. The number of hydrogen-bond donors (Lipinski definition) is 1. The van der Waals surface area contributed by atoms with Crippen LogP contribution >= 0.6 is 0 Å². The number of amides is 1. The van der Waals surface area contributed by atoms with Gasteiger partial charge in [0.05, 0.1) is 26.3 Å². The van der Waals surface area contributed by atoms with Gasteiger partial charge in [-0.15, -0.1) is 6.58 Å². The number of aryl methyl sites for hydroxylation is 1. The molecule has 1 saturated heterocycles. The van der Waals surface area contributed by atoms with Crippen molar-refractivity contribution in [3.63, 3.8) is 0 Å². The highest BCUT2D eigenvalue weighted by Crippen LogP contribution is 2.26. The third-order valence-corrected chi connectivity index (χ3v) is 5.51. The first-order chi connectivity index (χ1) is 13.7. The maximum absolute atomic E-state index is 13.1. The van der Waals surface area contributed by atoms with Gasteiger partial charge in [0.1, 0.15) is 11.5 Å². The van der Waals surface area contributed by atoms with E-state index in [0.717, 1.165) is 36.3 Å². The van der Waals surface area contributed by atoms with E-state index in [-0.39, 0.29) is 5.91 Å². The Morgan fingerprint density at radius 2 is 2.21 bits per heavy atom. The molecule has 3 heterocycles. The highest BCUT2D eigenvalue weighted by molar-refractivity contribution is 5.94. The number of fused-ring (bicyclic) bond motifs is 1. The first-order valence-electron chi connectivity index (χ1n) is 10.0. The van der Waals surface area contributed by atoms with Crippen molar-refractivity contribution in [3.8, 4) is 0 Å². The van der Waals surface area contributed by atoms with Gasteiger partial charge < -0.3 is 19.4 Å². The van der Waals surface area contributed by atoms with Crippen LogP contribution < -0.4 is 5.32 Å². The Morgan fingerprint density at radius 1 is 1.39 bits per heavy atom. The lowest BCUT2D eigenvalue weighted by atomic mass is 9.91. The van der Waals surface area contributed by atoms with Crippen LogP contribution in [-0.2, 0) is 30.7 Å². The molecule has 2 aliphatic rings. The Bertz CT molecular complexity index is 848. The normalized spacial score (nSPS) is 19.5. The smallest absolute Gasteiger partial charge is 0.274 e. The number of nitrogens with one attached hydrogen (secondary N) is 1. The number of carbonyl (C=O) groups excluding carboxylic acids is 1. The van der Waals surface area contributed by atoms with E-state index in [4.69, 9.17) is 9.15 Å². The zero-order valence-corrected chi connectivity index (χ0v) is 16.4. The molecule has 1 fully saturated rings. The maximum atomic E-state index is 13.1. The molecule has 7 nitrogen and oxygen atoms in total. The third kappa shape index (κ3) is 3.91. The molecule has 0 saturated carbocycles. The molecule has 150 valence electrons. The fraction of sp³-hybridized carbons (Fsp3) is 0.524. The molecule has 0 spiro atoms. The average molecular weight is 384 g/mol. The second-order valence-corrected chi connectivity index (χ2v) is 7.48. The topological polar surface area (TPSA) is 72.5 Å². The summed E-state index contributed by atoms with van der Waals surface area (Å²) in [6, 6.07) is 4.29. The predicted octanol–water partition coefficient (Wildman–Crippen LogP) is 2.09. The fourth-order valence-electron chi connectivity index (χ4n) is 4.05. The summed E-state index contributed by atoms with van der Waals surface area (Å²) in [6.07, 6.45) is 4.56. The second kappa shape index (κ2) is 8.32. The number of nitrogens with zero attached hydrogens (tertiary/aromatic N) is 3. The van der Waals surface area contributed by atoms with Crippen LogP contribution in [-0.4, -0.2) is 52.9 Å². The van der Waals surface area contributed by atoms with E-state index in [2.05, 4.69) is 17.0 Å². The monoisotopic (exact) mass is 384 g/mol. The van der Waals surface area contributed by atoms with Gasteiger partial charge in [-0.1, -0.05) is 6.08 Å². The van der Waals surface area contributed by atoms with Gasteiger partial charge in [0.15, 0.2) is 5.69 Å². The second-order valence-electron chi connectivity index (χ2n) is 7.48. The number of rotatable bonds is 6. The van der Waals surface area contributed by atoms with E-state index in [1.165, 1.54) is 5.69 Å². The van der Waals surface area contributed by atoms with Gasteiger partial charge in [0.25, 0.3) is 5.91 Å². The molecule has 0 radical (unpaired) electrons. The number of aromatic nitrogens is 2. The fourth-order valence-corrected chi connectivity index (χ4v) is 4.05. The summed E-state index contributed by atoms with van der Waals surface area (Å²) in [5, 5.41) is 8.26. The van der Waals surface area contributed by atoms with E-state index in [1.807, 2.05) is 34.7 Å². The lowest BCUT2D eigenvalue weighted by Crippen LogP contribution is -2.41. The lowest BCUT2D eigenvalue weighted by Gasteiger charge is -2.27. The summed E-state index contributed by atoms with van der Waals surface area (Å²) in [7, 11) is 0. The van der Waals surface area contributed by atoms with Crippen molar-refractivity contribution < 1.29 is 13.9 Å². The van der Waals surface area contributed by atoms with Crippen LogP contribution in [0.25, 0.3) is 0 Å². The van der Waals surface area contributed by atoms with Crippen molar-refractivity contribution in [2.75, 3.05) is 26.3 Å². The molecule has 2 aromatic heterocycles. The summed E-state index contributed by atoms with van der Waals surface area (Å²) in [6.45, 7) is 9.54. The van der Waals surface area contributed by atoms with Gasteiger partial charge in [-0.05, 0) is 38.3 Å². The highest BCUT2D eigenvalue weighted by atomic mass is 16.5. The molecule has 1 aliphatic heterocycles. The van der Waals surface area contributed by atoms with Gasteiger partial charge in [-0.3, -0.25) is 9.48 Å². The Labute approximate surface area is 165 Å². The Kier molecular flexibility index (Phi) is 5.64. The molecular weight excluding hydrogens is 356 g/mol. The van der Waals surface area contributed by atoms with Gasteiger partial charge in [-0.25, -0.2) is 0 Å². The molecule has 4 rings (SSSR count). The van der Waals surface area contributed by atoms with Gasteiger partial charge in [0.2, 0.25) is 0 Å². The highest BCUT2D eigenvalue weighted by Gasteiger charge is 2.31. The predicted molar refractivity (Wildman–Crippen MR) is 105 cm³/mol. The molecule has 1 N–H and O–H groups in total. The van der Waals surface area contributed by atoms with Gasteiger partial charge in [-0.2, -0.15) is 5.10 Å². The summed E-state index contributed by atoms with van der Waals surface area (Å²) in [5.74, 6) is 1.88. The van der Waals surface area contributed by atoms with E-state index in [1.54, 1.807) is 0 Å². The Morgan fingerprint density at radius 3 is 2.93 bits per heavy atom. The standard InChI is InChI=1S/C21H28N4O3/c1-3-8-25-19-7-5-16(22-14-17-6-4-15(2)28-17)13-18(19)20(23-25)21(26)24-9-11-27-12-10-24/h3-4,6,16,22H,1,5,7-14H2,2H3/t16-/m1/s1. The maximum Gasteiger partial charge on any atom is 0.274 e. The zero-order chi connectivity index (χ0) is 19.5. The SMILES string of the molecule is C=CCn1nc(C(=O)N2CCOCC2)c2c1CC[C@@H](NCc1ccc(C)o1)C2. The summed E-state index contributed by atoms with van der Waals surface area (Å²) < 4.78 is 13.0. The van der Waals surface area contributed by atoms with E-state index >= 15 is 0 Å². The van der Waals surface area contributed by atoms with Crippen LogP contribution in [0, 0.1) is 6.92 Å². The number of furan rings is 1. The molecule has 1 atom stereocenters. The average Bonchev–Trinajstić information content (AvgIpc) is 3.30. The molecule has 2 aromatic rings.